The van der Waals surface area contributed by atoms with Crippen molar-refractivity contribution in [2.75, 3.05) is 0 Å². The largest absolute Gasteiger partial charge is 0.457 e. The Labute approximate surface area is 171 Å². The van der Waals surface area contributed by atoms with Crippen molar-refractivity contribution in [1.29, 1.82) is 0 Å². The molecule has 0 bridgehead atoms. The van der Waals surface area contributed by atoms with Crippen LogP contribution in [0.1, 0.15) is 50.1 Å². The van der Waals surface area contributed by atoms with Gasteiger partial charge in [0.2, 0.25) is 0 Å². The fourth-order valence-electron chi connectivity index (χ4n) is 5.45. The summed E-state index contributed by atoms with van der Waals surface area (Å²) in [5.74, 6) is 1.90. The van der Waals surface area contributed by atoms with Gasteiger partial charge in [0.25, 0.3) is 0 Å². The lowest BCUT2D eigenvalue weighted by Crippen LogP contribution is -2.41. The lowest BCUT2D eigenvalue weighted by molar-refractivity contribution is -0.135. The minimum absolute atomic E-state index is 0.245. The molecule has 0 N–H and O–H groups in total. The van der Waals surface area contributed by atoms with Gasteiger partial charge in [-0.2, -0.15) is 0 Å². The van der Waals surface area contributed by atoms with E-state index in [1.54, 1.807) is 0 Å². The summed E-state index contributed by atoms with van der Waals surface area (Å²) in [6.45, 7) is 12.3. The molecule has 3 aromatic carbocycles. The first kappa shape index (κ1) is 18.0. The molecule has 0 aromatic heterocycles. The number of hydrogen-bond donors (Lipinski definition) is 0. The molecule has 5 rings (SSSR count). The Bertz CT molecular complexity index is 1180. The van der Waals surface area contributed by atoms with Crippen molar-refractivity contribution in [2.45, 2.75) is 47.0 Å². The molecule has 0 unspecified atom stereocenters. The van der Waals surface area contributed by atoms with E-state index in [4.69, 9.17) is 9.47 Å². The van der Waals surface area contributed by atoms with Gasteiger partial charge in [-0.05, 0) is 93.1 Å². The average molecular weight is 384 g/mol. The average Bonchev–Trinajstić information content (AvgIpc) is 2.85. The lowest BCUT2D eigenvalue weighted by atomic mass is 9.64. The summed E-state index contributed by atoms with van der Waals surface area (Å²) in [6.07, 6.45) is 0. The highest BCUT2D eigenvalue weighted by Gasteiger charge is 2.58. The first-order valence-corrected chi connectivity index (χ1v) is 9.98. The van der Waals surface area contributed by atoms with Gasteiger partial charge in [0.05, 0.1) is 0 Å². The standard InChI is InChI=1S/C26H24O3/c1-13-7-16(4)22-19(10-13)28-20-11-14(2)8-17(5)23(20)26(22)24-18(6)9-15(3)12-21(24)29-25(26)27/h7-12H,1-6H3. The molecule has 2 aliphatic heterocycles. The minimum atomic E-state index is -1.01. The molecule has 3 nitrogen and oxygen atoms in total. The highest BCUT2D eigenvalue weighted by Crippen LogP contribution is 2.60. The molecule has 0 fully saturated rings. The van der Waals surface area contributed by atoms with Gasteiger partial charge in [-0.25, -0.2) is 4.79 Å². The highest BCUT2D eigenvalue weighted by molar-refractivity contribution is 6.02. The summed E-state index contributed by atoms with van der Waals surface area (Å²) in [5.41, 5.74) is 8.17. The number of benzene rings is 3. The zero-order valence-electron chi connectivity index (χ0n) is 17.7. The SMILES string of the molecule is Cc1cc(C)c2c(c1)OC(=O)C21c2c(C)cc(C)cc2Oc2cc(C)cc(C)c21. The normalized spacial score (nSPS) is 15.4. The smallest absolute Gasteiger partial charge is 0.331 e. The van der Waals surface area contributed by atoms with E-state index in [1.165, 1.54) is 0 Å². The van der Waals surface area contributed by atoms with E-state index in [-0.39, 0.29) is 5.97 Å². The first-order chi connectivity index (χ1) is 13.7. The monoisotopic (exact) mass is 384 g/mol. The van der Waals surface area contributed by atoms with E-state index in [0.717, 1.165) is 61.6 Å². The van der Waals surface area contributed by atoms with E-state index >= 15 is 0 Å². The second-order valence-electron chi connectivity index (χ2n) is 8.61. The van der Waals surface area contributed by atoms with E-state index in [1.807, 2.05) is 25.1 Å². The van der Waals surface area contributed by atoms with Crippen LogP contribution >= 0.6 is 0 Å². The minimum Gasteiger partial charge on any atom is -0.457 e. The fourth-order valence-corrected chi connectivity index (χ4v) is 5.45. The number of esters is 1. The fraction of sp³-hybridized carbons (Fsp3) is 0.269. The maximum absolute atomic E-state index is 13.8. The first-order valence-electron chi connectivity index (χ1n) is 9.98. The van der Waals surface area contributed by atoms with Crippen molar-refractivity contribution in [1.82, 2.24) is 0 Å². The summed E-state index contributed by atoms with van der Waals surface area (Å²) >= 11 is 0. The Hall–Kier alpha value is -3.07. The van der Waals surface area contributed by atoms with E-state index in [0.29, 0.717) is 5.75 Å². The Morgan fingerprint density at radius 2 is 0.897 bits per heavy atom. The number of rotatable bonds is 0. The molecular weight excluding hydrogens is 360 g/mol. The molecule has 3 heteroatoms. The van der Waals surface area contributed by atoms with Gasteiger partial charge in [0, 0.05) is 16.7 Å². The Morgan fingerprint density at radius 1 is 0.552 bits per heavy atom. The molecule has 2 aliphatic rings. The van der Waals surface area contributed by atoms with Crippen molar-refractivity contribution in [3.63, 3.8) is 0 Å². The maximum Gasteiger partial charge on any atom is 0.331 e. The van der Waals surface area contributed by atoms with Crippen LogP contribution in [0.15, 0.2) is 36.4 Å². The predicted molar refractivity (Wildman–Crippen MR) is 113 cm³/mol. The van der Waals surface area contributed by atoms with Gasteiger partial charge in [0.15, 0.2) is 5.41 Å². The van der Waals surface area contributed by atoms with Crippen LogP contribution in [0.4, 0.5) is 0 Å². The maximum atomic E-state index is 13.8. The van der Waals surface area contributed by atoms with Gasteiger partial charge in [-0.15, -0.1) is 0 Å². The molecule has 0 radical (unpaired) electrons. The van der Waals surface area contributed by atoms with Crippen LogP contribution in [0.3, 0.4) is 0 Å². The van der Waals surface area contributed by atoms with E-state index in [2.05, 4.69) is 52.8 Å². The molecule has 0 atom stereocenters. The number of ether oxygens (including phenoxy) is 2. The summed E-state index contributed by atoms with van der Waals surface area (Å²) in [4.78, 5) is 13.8. The van der Waals surface area contributed by atoms with Crippen molar-refractivity contribution in [3.05, 3.63) is 86.5 Å². The van der Waals surface area contributed by atoms with Gasteiger partial charge >= 0.3 is 5.97 Å². The summed E-state index contributed by atoms with van der Waals surface area (Å²) in [7, 11) is 0. The number of fused-ring (bicyclic) bond motifs is 6. The zero-order valence-corrected chi connectivity index (χ0v) is 17.7. The third-order valence-corrected chi connectivity index (χ3v) is 6.18. The Balaban J connectivity index is 2.02. The van der Waals surface area contributed by atoms with Crippen molar-refractivity contribution < 1.29 is 14.3 Å². The van der Waals surface area contributed by atoms with Crippen molar-refractivity contribution >= 4 is 5.97 Å². The van der Waals surface area contributed by atoms with Crippen molar-refractivity contribution in [2.24, 2.45) is 0 Å². The van der Waals surface area contributed by atoms with Gasteiger partial charge in [-0.3, -0.25) is 0 Å². The number of hydrogen-bond acceptors (Lipinski definition) is 3. The Morgan fingerprint density at radius 3 is 1.28 bits per heavy atom. The molecule has 0 saturated carbocycles. The van der Waals surface area contributed by atoms with Gasteiger partial charge < -0.3 is 9.47 Å². The van der Waals surface area contributed by atoms with E-state index in [9.17, 15) is 4.79 Å². The zero-order chi connectivity index (χ0) is 20.7. The van der Waals surface area contributed by atoms with Crippen LogP contribution in [0.5, 0.6) is 17.2 Å². The molecule has 0 aliphatic carbocycles. The van der Waals surface area contributed by atoms with E-state index < -0.39 is 5.41 Å². The lowest BCUT2D eigenvalue weighted by Gasteiger charge is -2.38. The second kappa shape index (κ2) is 5.73. The van der Waals surface area contributed by atoms with Crippen LogP contribution in [-0.4, -0.2) is 5.97 Å². The topological polar surface area (TPSA) is 35.5 Å². The van der Waals surface area contributed by atoms with Crippen molar-refractivity contribution in [3.8, 4) is 17.2 Å². The molecule has 29 heavy (non-hydrogen) atoms. The predicted octanol–water partition coefficient (Wildman–Crippen LogP) is 5.90. The summed E-state index contributed by atoms with van der Waals surface area (Å²) < 4.78 is 12.4. The van der Waals surface area contributed by atoms with Crippen LogP contribution in [0.25, 0.3) is 0 Å². The summed E-state index contributed by atoms with van der Waals surface area (Å²) in [6, 6.07) is 12.4. The van der Waals surface area contributed by atoms with Crippen LogP contribution in [0.2, 0.25) is 0 Å². The van der Waals surface area contributed by atoms with Crippen LogP contribution < -0.4 is 9.47 Å². The second-order valence-corrected chi connectivity index (χ2v) is 8.61. The molecule has 3 aromatic rings. The molecule has 0 amide bonds. The third kappa shape index (κ3) is 2.21. The summed E-state index contributed by atoms with van der Waals surface area (Å²) in [5, 5.41) is 0. The highest BCUT2D eigenvalue weighted by atomic mass is 16.5. The van der Waals surface area contributed by atoms with Crippen LogP contribution in [-0.2, 0) is 10.2 Å². The molecule has 2 heterocycles. The number of carbonyl (C=O) groups excluding carboxylic acids is 1. The Kier molecular flexibility index (Phi) is 3.55. The molecule has 146 valence electrons. The van der Waals surface area contributed by atoms with Crippen LogP contribution in [0, 0.1) is 41.5 Å². The number of aryl methyl sites for hydroxylation is 6. The molecule has 1 spiro atoms. The molecular formula is C26H24O3. The number of carbonyl (C=O) groups is 1. The quantitative estimate of drug-likeness (QED) is 0.358. The van der Waals surface area contributed by atoms with Gasteiger partial charge in [-0.1, -0.05) is 18.2 Å². The third-order valence-electron chi connectivity index (χ3n) is 6.18. The molecule has 0 saturated heterocycles. The van der Waals surface area contributed by atoms with Gasteiger partial charge in [0.1, 0.15) is 17.2 Å².